The molecule has 3 aromatic heterocycles. The van der Waals surface area contributed by atoms with Crippen LogP contribution in [-0.2, 0) is 13.6 Å². The lowest BCUT2D eigenvalue weighted by molar-refractivity contribution is -0.274. The van der Waals surface area contributed by atoms with Crippen molar-refractivity contribution >= 4 is 11.9 Å². The Morgan fingerprint density at radius 3 is 2.65 bits per heavy atom. The maximum absolute atomic E-state index is 14.3. The van der Waals surface area contributed by atoms with Crippen molar-refractivity contribution in [1.82, 2.24) is 34.7 Å². The Morgan fingerprint density at radius 2 is 1.93 bits per heavy atom. The summed E-state index contributed by atoms with van der Waals surface area (Å²) < 4.78 is 59.1. The molecule has 0 amide bonds. The van der Waals surface area contributed by atoms with Crippen molar-refractivity contribution in [3.05, 3.63) is 70.5 Å². The quantitative estimate of drug-likeness (QED) is 0.317. The molecule has 6 rings (SSSR count). The summed E-state index contributed by atoms with van der Waals surface area (Å²) in [6.07, 6.45) is -2.25. The molecule has 0 radical (unpaired) electrons. The molecule has 1 aliphatic carbocycles. The van der Waals surface area contributed by atoms with E-state index in [-0.39, 0.29) is 47.0 Å². The minimum Gasteiger partial charge on any atom is -0.406 e. The topological polar surface area (TPSA) is 107 Å². The minimum absolute atomic E-state index is 0.104. The average molecular weight is 558 g/mol. The SMILES string of the molecule is CN(c1nc(-c2ccncc2F)cc(=O)n1C)C1[C@H]2CN(c3nnnn3Cc3cccc(OC(F)(F)F)c3)C[C@@H]12. The highest BCUT2D eigenvalue weighted by Crippen LogP contribution is 2.50. The first-order valence-corrected chi connectivity index (χ1v) is 12.4. The van der Waals surface area contributed by atoms with Crippen LogP contribution in [0.5, 0.6) is 5.75 Å². The van der Waals surface area contributed by atoms with E-state index in [1.54, 1.807) is 13.1 Å². The van der Waals surface area contributed by atoms with E-state index in [0.29, 0.717) is 30.5 Å². The molecule has 4 aromatic rings. The fourth-order valence-electron chi connectivity index (χ4n) is 5.47. The van der Waals surface area contributed by atoms with Crippen molar-refractivity contribution in [2.24, 2.45) is 18.9 Å². The van der Waals surface area contributed by atoms with E-state index in [2.05, 4.69) is 30.2 Å². The summed E-state index contributed by atoms with van der Waals surface area (Å²) in [4.78, 5) is 25.0. The lowest BCUT2D eigenvalue weighted by Gasteiger charge is -2.26. The third kappa shape index (κ3) is 4.82. The van der Waals surface area contributed by atoms with Gasteiger partial charge in [0.15, 0.2) is 5.82 Å². The number of fused-ring (bicyclic) bond motifs is 1. The molecule has 2 aliphatic rings. The third-order valence-corrected chi connectivity index (χ3v) is 7.33. The number of piperidine rings is 1. The van der Waals surface area contributed by atoms with E-state index < -0.39 is 12.2 Å². The minimum atomic E-state index is -4.78. The molecular weight excluding hydrogens is 534 g/mol. The average Bonchev–Trinajstić information content (AvgIpc) is 3.19. The number of tetrazole rings is 1. The van der Waals surface area contributed by atoms with E-state index in [9.17, 15) is 22.4 Å². The third-order valence-electron chi connectivity index (χ3n) is 7.33. The van der Waals surface area contributed by atoms with Crippen LogP contribution in [0, 0.1) is 17.7 Å². The van der Waals surface area contributed by atoms with Gasteiger partial charge in [-0.2, -0.15) is 0 Å². The van der Waals surface area contributed by atoms with Crippen LogP contribution >= 0.6 is 0 Å². The van der Waals surface area contributed by atoms with Crippen LogP contribution in [0.15, 0.2) is 53.6 Å². The number of nitrogens with zero attached hydrogens (tertiary/aromatic N) is 9. The van der Waals surface area contributed by atoms with Gasteiger partial charge < -0.3 is 14.5 Å². The molecule has 1 aromatic carbocycles. The molecule has 0 N–H and O–H groups in total. The van der Waals surface area contributed by atoms with Gasteiger partial charge in [0, 0.05) is 62.9 Å². The standard InChI is InChI=1S/C25H23F4N9O2/c1-35-21(39)9-20(16-6-7-30-10-19(16)26)31-23(35)36(2)22-17-12-37(13-18(17)22)24-32-33-34-38(24)11-14-4-3-5-15(8-14)40-25(27,28)29/h3-10,17-18,22H,11-13H2,1-2H3/t17-,18+,22?. The van der Waals surface area contributed by atoms with Crippen LogP contribution < -0.4 is 20.1 Å². The Bertz CT molecular complexity index is 1610. The predicted octanol–water partition coefficient (Wildman–Crippen LogP) is 2.49. The van der Waals surface area contributed by atoms with E-state index in [1.165, 1.54) is 45.8 Å². The molecular formula is C25H23F4N9O2. The van der Waals surface area contributed by atoms with Crippen LogP contribution in [0.1, 0.15) is 5.56 Å². The monoisotopic (exact) mass is 557 g/mol. The van der Waals surface area contributed by atoms with E-state index in [1.807, 2.05) is 16.8 Å². The molecule has 4 heterocycles. The van der Waals surface area contributed by atoms with E-state index in [0.717, 1.165) is 6.20 Å². The van der Waals surface area contributed by atoms with Crippen LogP contribution in [0.4, 0.5) is 29.5 Å². The largest absolute Gasteiger partial charge is 0.573 e. The molecule has 1 saturated carbocycles. The van der Waals surface area contributed by atoms with Gasteiger partial charge in [-0.25, -0.2) is 14.1 Å². The predicted molar refractivity (Wildman–Crippen MR) is 134 cm³/mol. The van der Waals surface area contributed by atoms with Crippen LogP contribution in [0.3, 0.4) is 0 Å². The van der Waals surface area contributed by atoms with Gasteiger partial charge in [-0.1, -0.05) is 17.2 Å². The van der Waals surface area contributed by atoms with E-state index >= 15 is 0 Å². The second kappa shape index (κ2) is 9.57. The number of hydrogen-bond donors (Lipinski definition) is 0. The van der Waals surface area contributed by atoms with Gasteiger partial charge in [-0.05, 0) is 34.2 Å². The highest BCUT2D eigenvalue weighted by atomic mass is 19.4. The van der Waals surface area contributed by atoms with Crippen molar-refractivity contribution in [2.45, 2.75) is 18.9 Å². The van der Waals surface area contributed by atoms with Crippen LogP contribution in [0.25, 0.3) is 11.3 Å². The maximum atomic E-state index is 14.3. The number of ether oxygens (including phenoxy) is 1. The molecule has 208 valence electrons. The van der Waals surface area contributed by atoms with Crippen molar-refractivity contribution in [3.63, 3.8) is 0 Å². The van der Waals surface area contributed by atoms with Gasteiger partial charge in [0.05, 0.1) is 18.4 Å². The molecule has 0 spiro atoms. The lowest BCUT2D eigenvalue weighted by atomic mass is 10.2. The Kier molecular flexibility index (Phi) is 6.15. The van der Waals surface area contributed by atoms with Crippen molar-refractivity contribution < 1.29 is 22.3 Å². The smallest absolute Gasteiger partial charge is 0.406 e. The number of halogens is 4. The van der Waals surface area contributed by atoms with Gasteiger partial charge in [0.2, 0.25) is 11.9 Å². The van der Waals surface area contributed by atoms with Crippen molar-refractivity contribution in [2.75, 3.05) is 29.9 Å². The first kappa shape index (κ1) is 25.7. The first-order chi connectivity index (χ1) is 19.1. The number of alkyl halides is 3. The fourth-order valence-corrected chi connectivity index (χ4v) is 5.47. The molecule has 2 fully saturated rings. The van der Waals surface area contributed by atoms with Gasteiger partial charge >= 0.3 is 6.36 Å². The highest BCUT2D eigenvalue weighted by Gasteiger charge is 2.59. The Labute approximate surface area is 224 Å². The lowest BCUT2D eigenvalue weighted by Crippen LogP contribution is -2.37. The number of rotatable bonds is 7. The zero-order valence-electron chi connectivity index (χ0n) is 21.3. The number of anilines is 2. The van der Waals surface area contributed by atoms with Crippen molar-refractivity contribution in [1.29, 1.82) is 0 Å². The van der Waals surface area contributed by atoms with Crippen molar-refractivity contribution in [3.8, 4) is 17.0 Å². The summed E-state index contributed by atoms with van der Waals surface area (Å²) in [7, 11) is 3.49. The fraction of sp³-hybridized carbons (Fsp3) is 0.360. The zero-order chi connectivity index (χ0) is 28.2. The Morgan fingerprint density at radius 1 is 1.15 bits per heavy atom. The van der Waals surface area contributed by atoms with Crippen LogP contribution in [0.2, 0.25) is 0 Å². The molecule has 40 heavy (non-hydrogen) atoms. The summed E-state index contributed by atoms with van der Waals surface area (Å²) in [5.41, 5.74) is 0.683. The van der Waals surface area contributed by atoms with Gasteiger partial charge in [-0.15, -0.1) is 13.2 Å². The number of benzene rings is 1. The zero-order valence-corrected chi connectivity index (χ0v) is 21.3. The summed E-state index contributed by atoms with van der Waals surface area (Å²) in [5, 5.41) is 11.9. The van der Waals surface area contributed by atoms with Gasteiger partial charge in [0.1, 0.15) is 5.75 Å². The number of pyridine rings is 1. The molecule has 3 atom stereocenters. The normalized spacial score (nSPS) is 19.9. The highest BCUT2D eigenvalue weighted by molar-refractivity contribution is 5.60. The number of aromatic nitrogens is 7. The molecule has 1 saturated heterocycles. The summed E-state index contributed by atoms with van der Waals surface area (Å²) in [5.74, 6) is 0.556. The summed E-state index contributed by atoms with van der Waals surface area (Å²) in [6, 6.07) is 8.57. The summed E-state index contributed by atoms with van der Waals surface area (Å²) in [6.45, 7) is 1.45. The maximum Gasteiger partial charge on any atom is 0.573 e. The van der Waals surface area contributed by atoms with Gasteiger partial charge in [0.25, 0.3) is 5.56 Å². The second-order valence-electron chi connectivity index (χ2n) is 9.86. The Balaban J connectivity index is 1.16. The molecule has 11 nitrogen and oxygen atoms in total. The summed E-state index contributed by atoms with van der Waals surface area (Å²) >= 11 is 0. The molecule has 15 heteroatoms. The molecule has 0 bridgehead atoms. The molecule has 1 aliphatic heterocycles. The molecule has 1 unspecified atom stereocenters. The Hall–Kier alpha value is -4.56. The second-order valence-corrected chi connectivity index (χ2v) is 9.86. The van der Waals surface area contributed by atoms with Gasteiger partial charge in [-0.3, -0.25) is 14.3 Å². The first-order valence-electron chi connectivity index (χ1n) is 12.4. The number of hydrogen-bond acceptors (Lipinski definition) is 9. The van der Waals surface area contributed by atoms with E-state index in [4.69, 9.17) is 0 Å². The van der Waals surface area contributed by atoms with Crippen LogP contribution in [-0.4, -0.2) is 67.3 Å².